The van der Waals surface area contributed by atoms with Gasteiger partial charge in [-0.3, -0.25) is 9.78 Å². The molecule has 1 aromatic carbocycles. The topological polar surface area (TPSA) is 80.9 Å². The first-order valence-electron chi connectivity index (χ1n) is 7.11. The van der Waals surface area contributed by atoms with E-state index in [1.54, 1.807) is 18.3 Å². The predicted molar refractivity (Wildman–Crippen MR) is 85.9 cm³/mol. The Hall–Kier alpha value is -2.80. The number of hydrogen-bond acceptors (Lipinski definition) is 5. The van der Waals surface area contributed by atoms with E-state index in [0.29, 0.717) is 23.1 Å². The van der Waals surface area contributed by atoms with E-state index in [1.165, 1.54) is 18.2 Å². The van der Waals surface area contributed by atoms with E-state index in [0.717, 1.165) is 0 Å². The molecule has 0 bridgehead atoms. The van der Waals surface area contributed by atoms with Crippen LogP contribution in [0.25, 0.3) is 11.5 Å². The molecule has 0 saturated carbocycles. The number of nitrogens with zero attached hydrogens (tertiary/aromatic N) is 3. The van der Waals surface area contributed by atoms with Crippen molar-refractivity contribution in [2.45, 2.75) is 12.8 Å². The van der Waals surface area contributed by atoms with Gasteiger partial charge < -0.3 is 9.84 Å². The van der Waals surface area contributed by atoms with Gasteiger partial charge in [0.05, 0.1) is 5.02 Å². The summed E-state index contributed by atoms with van der Waals surface area (Å²) < 4.78 is 18.2. The maximum Gasteiger partial charge on any atom is 0.227 e. The molecule has 2 aromatic heterocycles. The van der Waals surface area contributed by atoms with Gasteiger partial charge in [0, 0.05) is 24.7 Å². The van der Waals surface area contributed by atoms with Crippen LogP contribution in [0.15, 0.2) is 47.1 Å². The Morgan fingerprint density at radius 1 is 1.29 bits per heavy atom. The fourth-order valence-corrected chi connectivity index (χ4v) is 2.15. The third-order valence-corrected chi connectivity index (χ3v) is 3.42. The molecule has 3 aromatic rings. The van der Waals surface area contributed by atoms with Crippen LogP contribution in [0.2, 0.25) is 5.02 Å². The lowest BCUT2D eigenvalue weighted by Gasteiger charge is -2.04. The lowest BCUT2D eigenvalue weighted by molar-refractivity contribution is -0.116. The second-order valence-corrected chi connectivity index (χ2v) is 5.31. The molecule has 0 saturated heterocycles. The van der Waals surface area contributed by atoms with Crippen LogP contribution in [0.4, 0.5) is 10.1 Å². The van der Waals surface area contributed by atoms with Gasteiger partial charge in [0.25, 0.3) is 0 Å². The average molecular weight is 347 g/mol. The van der Waals surface area contributed by atoms with Crippen LogP contribution >= 0.6 is 11.6 Å². The number of benzene rings is 1. The van der Waals surface area contributed by atoms with Gasteiger partial charge in [-0.2, -0.15) is 4.98 Å². The molecule has 2 heterocycles. The van der Waals surface area contributed by atoms with E-state index in [-0.39, 0.29) is 23.8 Å². The van der Waals surface area contributed by atoms with Crippen molar-refractivity contribution >= 4 is 23.2 Å². The van der Waals surface area contributed by atoms with Crippen molar-refractivity contribution in [3.05, 3.63) is 59.3 Å². The number of carbonyl (C=O) groups excluding carboxylic acids is 1. The molecule has 1 N–H and O–H groups in total. The molecule has 1 amide bonds. The summed E-state index contributed by atoms with van der Waals surface area (Å²) >= 11 is 5.67. The lowest BCUT2D eigenvalue weighted by atomic mass is 10.2. The molecule has 8 heteroatoms. The summed E-state index contributed by atoms with van der Waals surface area (Å²) in [6.45, 7) is 0. The van der Waals surface area contributed by atoms with Crippen molar-refractivity contribution in [3.63, 3.8) is 0 Å². The fraction of sp³-hybridized carbons (Fsp3) is 0.125. The highest BCUT2D eigenvalue weighted by molar-refractivity contribution is 6.31. The van der Waals surface area contributed by atoms with E-state index >= 15 is 0 Å². The zero-order valence-electron chi connectivity index (χ0n) is 12.4. The lowest BCUT2D eigenvalue weighted by Crippen LogP contribution is -2.12. The number of pyridine rings is 1. The molecule has 0 aliphatic heterocycles. The van der Waals surface area contributed by atoms with Crippen molar-refractivity contribution in [1.82, 2.24) is 15.1 Å². The molecule has 0 fully saturated rings. The highest BCUT2D eigenvalue weighted by Gasteiger charge is 2.12. The monoisotopic (exact) mass is 346 g/mol. The Bertz CT molecular complexity index is 854. The van der Waals surface area contributed by atoms with Gasteiger partial charge in [0.1, 0.15) is 11.5 Å². The molecule has 0 radical (unpaired) electrons. The molecule has 3 rings (SSSR count). The Morgan fingerprint density at radius 3 is 2.92 bits per heavy atom. The van der Waals surface area contributed by atoms with Crippen molar-refractivity contribution in [2.75, 3.05) is 5.32 Å². The van der Waals surface area contributed by atoms with E-state index < -0.39 is 5.82 Å². The van der Waals surface area contributed by atoms with Crippen LogP contribution in [0, 0.1) is 5.82 Å². The second kappa shape index (κ2) is 7.18. The zero-order valence-corrected chi connectivity index (χ0v) is 13.1. The van der Waals surface area contributed by atoms with Gasteiger partial charge in [-0.05, 0) is 30.3 Å². The maximum absolute atomic E-state index is 13.1. The summed E-state index contributed by atoms with van der Waals surface area (Å²) in [5.74, 6) is -0.0999. The van der Waals surface area contributed by atoms with Crippen molar-refractivity contribution < 1.29 is 13.7 Å². The number of nitrogens with one attached hydrogen (secondary N) is 1. The van der Waals surface area contributed by atoms with Gasteiger partial charge in [-0.25, -0.2) is 4.39 Å². The van der Waals surface area contributed by atoms with E-state index in [2.05, 4.69) is 20.4 Å². The number of halogens is 2. The maximum atomic E-state index is 13.1. The molecule has 0 spiro atoms. The zero-order chi connectivity index (χ0) is 16.9. The third kappa shape index (κ3) is 3.94. The number of anilines is 1. The summed E-state index contributed by atoms with van der Waals surface area (Å²) in [7, 11) is 0. The third-order valence-electron chi connectivity index (χ3n) is 3.13. The van der Waals surface area contributed by atoms with Crippen LogP contribution < -0.4 is 5.32 Å². The summed E-state index contributed by atoms with van der Waals surface area (Å²) in [6, 6.07) is 9.34. The standard InChI is InChI=1S/C16H12ClFN4O2/c17-11-9-10(4-5-12(11)18)20-14(23)6-7-15-21-16(22-24-15)13-3-1-2-8-19-13/h1-5,8-9H,6-7H2,(H,20,23). The normalized spacial score (nSPS) is 10.6. The van der Waals surface area contributed by atoms with Crippen molar-refractivity contribution in [2.24, 2.45) is 0 Å². The van der Waals surface area contributed by atoms with Crippen LogP contribution in [0.5, 0.6) is 0 Å². The van der Waals surface area contributed by atoms with Gasteiger partial charge in [0.2, 0.25) is 17.6 Å². The SMILES string of the molecule is O=C(CCc1nc(-c2ccccn2)no1)Nc1ccc(F)c(Cl)c1. The Morgan fingerprint density at radius 2 is 2.17 bits per heavy atom. The average Bonchev–Trinajstić information content (AvgIpc) is 3.06. The minimum atomic E-state index is -0.539. The van der Waals surface area contributed by atoms with Gasteiger partial charge in [-0.1, -0.05) is 22.8 Å². The molecule has 0 atom stereocenters. The summed E-state index contributed by atoms with van der Waals surface area (Å²) in [5.41, 5.74) is 1.02. The van der Waals surface area contributed by atoms with E-state index in [4.69, 9.17) is 16.1 Å². The van der Waals surface area contributed by atoms with Crippen LogP contribution in [-0.2, 0) is 11.2 Å². The second-order valence-electron chi connectivity index (χ2n) is 4.90. The summed E-state index contributed by atoms with van der Waals surface area (Å²) in [5, 5.41) is 6.41. The molecule has 0 aliphatic carbocycles. The van der Waals surface area contributed by atoms with E-state index in [9.17, 15) is 9.18 Å². The number of amides is 1. The Labute approximate surface area is 141 Å². The van der Waals surface area contributed by atoms with Gasteiger partial charge >= 0.3 is 0 Å². The van der Waals surface area contributed by atoms with Crippen LogP contribution in [-0.4, -0.2) is 21.0 Å². The Balaban J connectivity index is 1.56. The van der Waals surface area contributed by atoms with Crippen molar-refractivity contribution in [1.29, 1.82) is 0 Å². The number of carbonyl (C=O) groups is 1. The first kappa shape index (κ1) is 16.1. The van der Waals surface area contributed by atoms with Crippen LogP contribution in [0.1, 0.15) is 12.3 Å². The minimum absolute atomic E-state index is 0.0512. The first-order chi connectivity index (χ1) is 11.6. The Kier molecular flexibility index (Phi) is 4.81. The van der Waals surface area contributed by atoms with Gasteiger partial charge in [0.15, 0.2) is 0 Å². The molecule has 6 nitrogen and oxygen atoms in total. The number of hydrogen-bond donors (Lipinski definition) is 1. The molecule has 122 valence electrons. The first-order valence-corrected chi connectivity index (χ1v) is 7.48. The fourth-order valence-electron chi connectivity index (χ4n) is 1.97. The minimum Gasteiger partial charge on any atom is -0.339 e. The molecule has 0 aliphatic rings. The molecular formula is C16H12ClFN4O2. The smallest absolute Gasteiger partial charge is 0.227 e. The largest absolute Gasteiger partial charge is 0.339 e. The highest BCUT2D eigenvalue weighted by Crippen LogP contribution is 2.19. The predicted octanol–water partition coefficient (Wildman–Crippen LogP) is 3.50. The molecule has 24 heavy (non-hydrogen) atoms. The van der Waals surface area contributed by atoms with E-state index in [1.807, 2.05) is 6.07 Å². The summed E-state index contributed by atoms with van der Waals surface area (Å²) in [6.07, 6.45) is 2.05. The quantitative estimate of drug-likeness (QED) is 0.764. The number of aryl methyl sites for hydroxylation is 1. The molecule has 0 unspecified atom stereocenters. The highest BCUT2D eigenvalue weighted by atomic mass is 35.5. The molecular weight excluding hydrogens is 335 g/mol. The number of rotatable bonds is 5. The summed E-state index contributed by atoms with van der Waals surface area (Å²) in [4.78, 5) is 20.2. The number of aromatic nitrogens is 3. The van der Waals surface area contributed by atoms with Gasteiger partial charge in [-0.15, -0.1) is 0 Å². The van der Waals surface area contributed by atoms with Crippen LogP contribution in [0.3, 0.4) is 0 Å². The van der Waals surface area contributed by atoms with Crippen molar-refractivity contribution in [3.8, 4) is 11.5 Å².